The van der Waals surface area contributed by atoms with Gasteiger partial charge >= 0.3 is 5.97 Å². The van der Waals surface area contributed by atoms with Gasteiger partial charge in [0.15, 0.2) is 0 Å². The maximum absolute atomic E-state index is 11.8. The Morgan fingerprint density at radius 3 is 2.33 bits per heavy atom. The summed E-state index contributed by atoms with van der Waals surface area (Å²) in [4.78, 5) is 11.8. The zero-order valence-electron chi connectivity index (χ0n) is 16.2. The van der Waals surface area contributed by atoms with E-state index >= 15 is 0 Å². The molecule has 0 spiro atoms. The van der Waals surface area contributed by atoms with Crippen molar-refractivity contribution in [2.24, 2.45) is 0 Å². The van der Waals surface area contributed by atoms with E-state index in [0.717, 1.165) is 36.0 Å². The Balaban J connectivity index is 2.60. The number of benzene rings is 2. The van der Waals surface area contributed by atoms with Crippen molar-refractivity contribution in [3.63, 3.8) is 0 Å². The summed E-state index contributed by atoms with van der Waals surface area (Å²) < 4.78 is 0. The summed E-state index contributed by atoms with van der Waals surface area (Å²) in [5.41, 5.74) is 4.31. The van der Waals surface area contributed by atoms with Crippen LogP contribution in [0.2, 0.25) is 0 Å². The number of carboxylic acids is 1. The SMILES string of the molecule is CCCCCCc1cccc(C(=C(C#N)C(=O)O)c2ccccc2)c1CC. The molecule has 27 heavy (non-hydrogen) atoms. The molecule has 0 unspecified atom stereocenters. The Morgan fingerprint density at radius 1 is 1.00 bits per heavy atom. The molecule has 0 atom stereocenters. The van der Waals surface area contributed by atoms with Crippen molar-refractivity contribution in [2.75, 3.05) is 0 Å². The third kappa shape index (κ3) is 5.08. The molecule has 0 bridgehead atoms. The highest BCUT2D eigenvalue weighted by Crippen LogP contribution is 2.32. The number of aliphatic carboxylic acids is 1. The number of aryl methyl sites for hydroxylation is 1. The fourth-order valence-electron chi connectivity index (χ4n) is 3.51. The van der Waals surface area contributed by atoms with E-state index < -0.39 is 5.97 Å². The highest BCUT2D eigenvalue weighted by Gasteiger charge is 2.20. The number of carboxylic acid groups (broad SMARTS) is 1. The lowest BCUT2D eigenvalue weighted by Gasteiger charge is -2.17. The zero-order valence-corrected chi connectivity index (χ0v) is 16.2. The van der Waals surface area contributed by atoms with Crippen LogP contribution in [0.4, 0.5) is 0 Å². The molecule has 140 valence electrons. The first kappa shape index (κ1) is 20.5. The van der Waals surface area contributed by atoms with Crippen molar-refractivity contribution in [1.29, 1.82) is 5.26 Å². The fraction of sp³-hybridized carbons (Fsp3) is 0.333. The van der Waals surface area contributed by atoms with E-state index in [9.17, 15) is 15.2 Å². The molecule has 0 aliphatic heterocycles. The molecule has 1 N–H and O–H groups in total. The van der Waals surface area contributed by atoms with Crippen LogP contribution in [0.5, 0.6) is 0 Å². The molecule has 0 saturated heterocycles. The topological polar surface area (TPSA) is 61.1 Å². The maximum atomic E-state index is 11.8. The van der Waals surface area contributed by atoms with Gasteiger partial charge < -0.3 is 5.11 Å². The predicted molar refractivity (Wildman–Crippen MR) is 109 cm³/mol. The van der Waals surface area contributed by atoms with E-state index in [0.29, 0.717) is 5.57 Å². The normalized spacial score (nSPS) is 11.6. The van der Waals surface area contributed by atoms with Gasteiger partial charge in [-0.2, -0.15) is 5.26 Å². The molecule has 0 aliphatic carbocycles. The molecular weight excluding hydrogens is 334 g/mol. The van der Waals surface area contributed by atoms with Crippen LogP contribution in [0.1, 0.15) is 61.8 Å². The fourth-order valence-corrected chi connectivity index (χ4v) is 3.51. The number of nitrogens with zero attached hydrogens (tertiary/aromatic N) is 1. The minimum Gasteiger partial charge on any atom is -0.477 e. The Bertz CT molecular complexity index is 844. The largest absolute Gasteiger partial charge is 0.477 e. The van der Waals surface area contributed by atoms with Gasteiger partial charge in [-0.25, -0.2) is 4.79 Å². The van der Waals surface area contributed by atoms with Crippen molar-refractivity contribution in [2.45, 2.75) is 52.4 Å². The molecule has 2 rings (SSSR count). The Kier molecular flexibility index (Phi) is 7.82. The van der Waals surface area contributed by atoms with E-state index in [1.165, 1.54) is 24.8 Å². The van der Waals surface area contributed by atoms with Crippen LogP contribution in [0.3, 0.4) is 0 Å². The lowest BCUT2D eigenvalue weighted by atomic mass is 9.86. The molecule has 2 aromatic carbocycles. The summed E-state index contributed by atoms with van der Waals surface area (Å²) in [5, 5.41) is 19.2. The molecular formula is C24H27NO2. The summed E-state index contributed by atoms with van der Waals surface area (Å²) >= 11 is 0. The second-order valence-electron chi connectivity index (χ2n) is 6.64. The average molecular weight is 361 g/mol. The highest BCUT2D eigenvalue weighted by atomic mass is 16.4. The van der Waals surface area contributed by atoms with Gasteiger partial charge in [0.2, 0.25) is 0 Å². The van der Waals surface area contributed by atoms with E-state index in [-0.39, 0.29) is 5.57 Å². The first-order valence-electron chi connectivity index (χ1n) is 9.68. The molecule has 0 aliphatic rings. The van der Waals surface area contributed by atoms with Gasteiger partial charge in [-0.05, 0) is 41.5 Å². The summed E-state index contributed by atoms with van der Waals surface area (Å²) in [6, 6.07) is 17.3. The quantitative estimate of drug-likeness (QED) is 0.350. The Morgan fingerprint density at radius 2 is 1.74 bits per heavy atom. The van der Waals surface area contributed by atoms with Gasteiger partial charge in [0.1, 0.15) is 11.6 Å². The minimum atomic E-state index is -1.19. The van der Waals surface area contributed by atoms with Crippen LogP contribution in [-0.2, 0) is 17.6 Å². The van der Waals surface area contributed by atoms with Crippen LogP contribution in [0.15, 0.2) is 54.1 Å². The first-order valence-corrected chi connectivity index (χ1v) is 9.68. The summed E-state index contributed by atoms with van der Waals surface area (Å²) in [5.74, 6) is -1.19. The summed E-state index contributed by atoms with van der Waals surface area (Å²) in [7, 11) is 0. The molecule has 0 aromatic heterocycles. The van der Waals surface area contributed by atoms with Crippen molar-refractivity contribution in [3.05, 3.63) is 76.4 Å². The Hall–Kier alpha value is -2.86. The minimum absolute atomic E-state index is 0.209. The van der Waals surface area contributed by atoms with Gasteiger partial charge in [0.05, 0.1) is 0 Å². The number of carbonyl (C=O) groups is 1. The van der Waals surface area contributed by atoms with E-state index in [1.807, 2.05) is 48.5 Å². The molecule has 3 nitrogen and oxygen atoms in total. The summed E-state index contributed by atoms with van der Waals surface area (Å²) in [6.07, 6.45) is 6.53. The average Bonchev–Trinajstić information content (AvgIpc) is 2.69. The van der Waals surface area contributed by atoms with Gasteiger partial charge in [-0.3, -0.25) is 0 Å². The molecule has 0 radical (unpaired) electrons. The van der Waals surface area contributed by atoms with Crippen LogP contribution in [0.25, 0.3) is 5.57 Å². The molecule has 3 heteroatoms. The van der Waals surface area contributed by atoms with Crippen LogP contribution >= 0.6 is 0 Å². The smallest absolute Gasteiger partial charge is 0.347 e. The zero-order chi connectivity index (χ0) is 19.6. The molecule has 0 saturated carbocycles. The predicted octanol–water partition coefficient (Wildman–Crippen LogP) is 5.78. The van der Waals surface area contributed by atoms with E-state index in [2.05, 4.69) is 19.9 Å². The number of nitriles is 1. The third-order valence-electron chi connectivity index (χ3n) is 4.83. The van der Waals surface area contributed by atoms with Crippen LogP contribution in [-0.4, -0.2) is 11.1 Å². The first-order chi connectivity index (χ1) is 13.1. The second-order valence-corrected chi connectivity index (χ2v) is 6.64. The lowest BCUT2D eigenvalue weighted by molar-refractivity contribution is -0.132. The van der Waals surface area contributed by atoms with Gasteiger partial charge in [-0.15, -0.1) is 0 Å². The van der Waals surface area contributed by atoms with Crippen molar-refractivity contribution >= 4 is 11.5 Å². The standard InChI is InChI=1S/C24H27NO2/c1-3-5-6-8-12-18-15-11-16-21(20(18)4-2)23(22(17-25)24(26)27)19-13-9-7-10-14-19/h7,9-11,13-16H,3-6,8,12H2,1-2H3,(H,26,27). The summed E-state index contributed by atoms with van der Waals surface area (Å²) in [6.45, 7) is 4.29. The number of unbranched alkanes of at least 4 members (excludes halogenated alkanes) is 3. The van der Waals surface area contributed by atoms with E-state index in [4.69, 9.17) is 0 Å². The Labute approximate surface area is 162 Å². The number of rotatable bonds is 9. The van der Waals surface area contributed by atoms with Crippen molar-refractivity contribution < 1.29 is 9.90 Å². The molecule has 0 fully saturated rings. The molecule has 0 amide bonds. The van der Waals surface area contributed by atoms with Crippen LogP contribution in [0, 0.1) is 11.3 Å². The van der Waals surface area contributed by atoms with E-state index in [1.54, 1.807) is 0 Å². The highest BCUT2D eigenvalue weighted by molar-refractivity contribution is 6.04. The number of hydrogen-bond acceptors (Lipinski definition) is 2. The van der Waals surface area contributed by atoms with Gasteiger partial charge in [0, 0.05) is 5.57 Å². The van der Waals surface area contributed by atoms with Crippen molar-refractivity contribution in [3.8, 4) is 6.07 Å². The third-order valence-corrected chi connectivity index (χ3v) is 4.83. The number of hydrogen-bond donors (Lipinski definition) is 1. The molecule has 0 heterocycles. The second kappa shape index (κ2) is 10.3. The van der Waals surface area contributed by atoms with Crippen molar-refractivity contribution in [1.82, 2.24) is 0 Å². The molecule has 2 aromatic rings. The van der Waals surface area contributed by atoms with Gasteiger partial charge in [-0.1, -0.05) is 81.6 Å². The monoisotopic (exact) mass is 361 g/mol. The lowest BCUT2D eigenvalue weighted by Crippen LogP contribution is -2.07. The van der Waals surface area contributed by atoms with Gasteiger partial charge in [0.25, 0.3) is 0 Å². The van der Waals surface area contributed by atoms with Crippen LogP contribution < -0.4 is 0 Å². The maximum Gasteiger partial charge on any atom is 0.347 e.